The average molecular weight is 236 g/mol. The monoisotopic (exact) mass is 236 g/mol. The molecule has 2 rings (SSSR count). The molecule has 1 aromatic carbocycles. The summed E-state index contributed by atoms with van der Waals surface area (Å²) in [7, 11) is 0. The number of carbonyl (C=O) groups is 2. The van der Waals surface area contributed by atoms with Crippen LogP contribution in [0.4, 0.5) is 0 Å². The second-order valence-electron chi connectivity index (χ2n) is 3.66. The Morgan fingerprint density at radius 1 is 1.12 bits per heavy atom. The molecule has 0 aromatic heterocycles. The Balaban J connectivity index is 2.26. The SMILES string of the molecule is CC(=O)OC1Oc2ccccc2C1OC(C)=O. The molecular formula is C12H12O5. The summed E-state index contributed by atoms with van der Waals surface area (Å²) >= 11 is 0. The summed E-state index contributed by atoms with van der Waals surface area (Å²) < 4.78 is 15.5. The molecular weight excluding hydrogens is 224 g/mol. The maximum Gasteiger partial charge on any atom is 0.305 e. The van der Waals surface area contributed by atoms with E-state index < -0.39 is 24.3 Å². The van der Waals surface area contributed by atoms with Crippen LogP contribution in [0.5, 0.6) is 5.75 Å². The third kappa shape index (κ3) is 2.38. The van der Waals surface area contributed by atoms with Gasteiger partial charge in [0.25, 0.3) is 6.29 Å². The molecule has 0 N–H and O–H groups in total. The van der Waals surface area contributed by atoms with Crippen LogP contribution < -0.4 is 4.74 Å². The summed E-state index contributed by atoms with van der Waals surface area (Å²) in [5.41, 5.74) is 0.703. The molecule has 90 valence electrons. The highest BCUT2D eigenvalue weighted by Gasteiger charge is 2.39. The van der Waals surface area contributed by atoms with Crippen molar-refractivity contribution in [3.63, 3.8) is 0 Å². The zero-order chi connectivity index (χ0) is 12.4. The van der Waals surface area contributed by atoms with E-state index >= 15 is 0 Å². The number of para-hydroxylation sites is 1. The van der Waals surface area contributed by atoms with Crippen molar-refractivity contribution in [1.82, 2.24) is 0 Å². The molecule has 2 atom stereocenters. The van der Waals surface area contributed by atoms with Crippen molar-refractivity contribution < 1.29 is 23.8 Å². The van der Waals surface area contributed by atoms with Gasteiger partial charge in [-0.05, 0) is 6.07 Å². The van der Waals surface area contributed by atoms with E-state index in [1.54, 1.807) is 24.3 Å². The van der Waals surface area contributed by atoms with Gasteiger partial charge in [0, 0.05) is 19.4 Å². The summed E-state index contributed by atoms with van der Waals surface area (Å²) in [6.07, 6.45) is -1.61. The van der Waals surface area contributed by atoms with Gasteiger partial charge < -0.3 is 14.2 Å². The van der Waals surface area contributed by atoms with Crippen molar-refractivity contribution in [2.45, 2.75) is 26.2 Å². The van der Waals surface area contributed by atoms with Crippen LogP contribution >= 0.6 is 0 Å². The predicted molar refractivity (Wildman–Crippen MR) is 57.1 cm³/mol. The lowest BCUT2D eigenvalue weighted by Gasteiger charge is -2.18. The molecule has 2 unspecified atom stereocenters. The molecule has 0 aliphatic carbocycles. The third-order valence-electron chi connectivity index (χ3n) is 2.29. The number of ether oxygens (including phenoxy) is 3. The molecule has 17 heavy (non-hydrogen) atoms. The fourth-order valence-electron chi connectivity index (χ4n) is 1.70. The molecule has 0 saturated heterocycles. The number of hydrogen-bond donors (Lipinski definition) is 0. The number of esters is 2. The van der Waals surface area contributed by atoms with Gasteiger partial charge in [-0.1, -0.05) is 18.2 Å². The summed E-state index contributed by atoms with van der Waals surface area (Å²) in [4.78, 5) is 22.0. The average Bonchev–Trinajstić information content (AvgIpc) is 2.55. The van der Waals surface area contributed by atoms with Crippen LogP contribution in [0.1, 0.15) is 25.5 Å². The molecule has 1 aromatic rings. The van der Waals surface area contributed by atoms with Crippen LogP contribution in [0.15, 0.2) is 24.3 Å². The smallest absolute Gasteiger partial charge is 0.305 e. The Morgan fingerprint density at radius 3 is 2.41 bits per heavy atom. The summed E-state index contributed by atoms with van der Waals surface area (Å²) in [5, 5.41) is 0. The lowest BCUT2D eigenvalue weighted by molar-refractivity contribution is -0.184. The first-order valence-electron chi connectivity index (χ1n) is 5.18. The van der Waals surface area contributed by atoms with Crippen molar-refractivity contribution in [2.75, 3.05) is 0 Å². The highest BCUT2D eigenvalue weighted by atomic mass is 16.7. The van der Waals surface area contributed by atoms with Crippen LogP contribution in [-0.2, 0) is 19.1 Å². The molecule has 1 aliphatic heterocycles. The number of hydrogen-bond acceptors (Lipinski definition) is 5. The second-order valence-corrected chi connectivity index (χ2v) is 3.66. The fourth-order valence-corrected chi connectivity index (χ4v) is 1.70. The van der Waals surface area contributed by atoms with Gasteiger partial charge in [0.05, 0.1) is 0 Å². The van der Waals surface area contributed by atoms with Crippen LogP contribution in [0.2, 0.25) is 0 Å². The molecule has 0 saturated carbocycles. The Hall–Kier alpha value is -2.04. The first-order chi connectivity index (χ1) is 8.08. The van der Waals surface area contributed by atoms with E-state index in [-0.39, 0.29) is 0 Å². The van der Waals surface area contributed by atoms with Gasteiger partial charge in [-0.25, -0.2) is 0 Å². The van der Waals surface area contributed by atoms with Crippen LogP contribution in [0, 0.1) is 0 Å². The highest BCUT2D eigenvalue weighted by molar-refractivity contribution is 5.68. The summed E-state index contributed by atoms with van der Waals surface area (Å²) in [5.74, 6) is -0.377. The molecule has 0 radical (unpaired) electrons. The van der Waals surface area contributed by atoms with Crippen molar-refractivity contribution >= 4 is 11.9 Å². The lowest BCUT2D eigenvalue weighted by Crippen LogP contribution is -2.27. The van der Waals surface area contributed by atoms with Gasteiger partial charge in [-0.2, -0.15) is 0 Å². The molecule has 5 heteroatoms. The van der Waals surface area contributed by atoms with E-state index in [4.69, 9.17) is 14.2 Å². The van der Waals surface area contributed by atoms with Gasteiger partial charge in [0.2, 0.25) is 6.10 Å². The largest absolute Gasteiger partial charge is 0.450 e. The van der Waals surface area contributed by atoms with Gasteiger partial charge >= 0.3 is 11.9 Å². The Kier molecular flexibility index (Phi) is 2.99. The molecule has 0 amide bonds. The zero-order valence-corrected chi connectivity index (χ0v) is 9.51. The molecule has 5 nitrogen and oxygen atoms in total. The first-order valence-corrected chi connectivity index (χ1v) is 5.18. The van der Waals surface area contributed by atoms with Crippen LogP contribution in [-0.4, -0.2) is 18.2 Å². The van der Waals surface area contributed by atoms with E-state index in [1.165, 1.54) is 13.8 Å². The Labute approximate surface area is 98.3 Å². The quantitative estimate of drug-likeness (QED) is 0.729. The van der Waals surface area contributed by atoms with Crippen molar-refractivity contribution in [2.24, 2.45) is 0 Å². The van der Waals surface area contributed by atoms with Gasteiger partial charge in [-0.3, -0.25) is 9.59 Å². The third-order valence-corrected chi connectivity index (χ3v) is 2.29. The molecule has 1 heterocycles. The number of rotatable bonds is 2. The minimum absolute atomic E-state index is 0.451. The maximum absolute atomic E-state index is 11.0. The number of carbonyl (C=O) groups excluding carboxylic acids is 2. The van der Waals surface area contributed by atoms with E-state index in [0.717, 1.165) is 0 Å². The fraction of sp³-hybridized carbons (Fsp3) is 0.333. The maximum atomic E-state index is 11.0. The Bertz CT molecular complexity index is 454. The van der Waals surface area contributed by atoms with E-state index in [0.29, 0.717) is 11.3 Å². The summed E-state index contributed by atoms with van der Waals surface area (Å²) in [6, 6.07) is 7.09. The predicted octanol–water partition coefficient (Wildman–Crippen LogP) is 1.57. The normalized spacial score (nSPS) is 21.3. The number of fused-ring (bicyclic) bond motifs is 1. The van der Waals surface area contributed by atoms with Crippen LogP contribution in [0.25, 0.3) is 0 Å². The standard InChI is InChI=1S/C12H12O5/c1-7(13)15-11-9-5-3-4-6-10(9)17-12(11)16-8(2)14/h3-6,11-12H,1-2H3. The molecule has 0 spiro atoms. The van der Waals surface area contributed by atoms with Gasteiger partial charge in [-0.15, -0.1) is 0 Å². The van der Waals surface area contributed by atoms with E-state index in [9.17, 15) is 9.59 Å². The molecule has 1 aliphatic rings. The molecule has 0 fully saturated rings. The van der Waals surface area contributed by atoms with E-state index in [2.05, 4.69) is 0 Å². The van der Waals surface area contributed by atoms with Gasteiger partial charge in [0.15, 0.2) is 0 Å². The first kappa shape index (κ1) is 11.4. The lowest BCUT2D eigenvalue weighted by atomic mass is 10.1. The van der Waals surface area contributed by atoms with Crippen molar-refractivity contribution in [3.8, 4) is 5.75 Å². The van der Waals surface area contributed by atoms with Crippen molar-refractivity contribution in [3.05, 3.63) is 29.8 Å². The topological polar surface area (TPSA) is 61.8 Å². The van der Waals surface area contributed by atoms with Crippen LogP contribution in [0.3, 0.4) is 0 Å². The Morgan fingerprint density at radius 2 is 1.76 bits per heavy atom. The zero-order valence-electron chi connectivity index (χ0n) is 9.51. The second kappa shape index (κ2) is 4.45. The van der Waals surface area contributed by atoms with Gasteiger partial charge in [0.1, 0.15) is 5.75 Å². The number of benzene rings is 1. The van der Waals surface area contributed by atoms with Crippen molar-refractivity contribution in [1.29, 1.82) is 0 Å². The minimum Gasteiger partial charge on any atom is -0.450 e. The highest BCUT2D eigenvalue weighted by Crippen LogP contribution is 2.39. The molecule has 0 bridgehead atoms. The summed E-state index contributed by atoms with van der Waals surface area (Å²) in [6.45, 7) is 2.57. The minimum atomic E-state index is -0.909. The van der Waals surface area contributed by atoms with E-state index in [1.807, 2.05) is 0 Å².